The quantitative estimate of drug-likeness (QED) is 0.612. The molecule has 3 aromatic rings. The van der Waals surface area contributed by atoms with E-state index in [0.29, 0.717) is 13.2 Å². The molecule has 32 heavy (non-hydrogen) atoms. The molecule has 0 unspecified atom stereocenters. The maximum absolute atomic E-state index is 5.73. The van der Waals surface area contributed by atoms with Crippen LogP contribution in [0.4, 0.5) is 5.95 Å². The second kappa shape index (κ2) is 8.61. The highest BCUT2D eigenvalue weighted by Crippen LogP contribution is 2.34. The number of nitrogens with zero attached hydrogens (tertiary/aromatic N) is 5. The largest absolute Gasteiger partial charge is 0.378 e. The number of rotatable bonds is 5. The van der Waals surface area contributed by atoms with Crippen molar-refractivity contribution in [3.63, 3.8) is 0 Å². The zero-order chi connectivity index (χ0) is 21.3. The Morgan fingerprint density at radius 3 is 2.78 bits per heavy atom. The molecule has 2 fully saturated rings. The standard InChI is InChI=1S/C24H27N5O3/c1-4-17-5-2-7-19(18(17)6-1)21-22-23(27-24(26-21)28-10-14-30-15-11-28)29(16-25-22)9-8-20-31-12-3-13-32-20/h1-2,5-7,16,20H,3-4,8-15H2. The summed E-state index contributed by atoms with van der Waals surface area (Å²) in [4.78, 5) is 17.0. The molecule has 2 aliphatic heterocycles. The lowest BCUT2D eigenvalue weighted by Gasteiger charge is -2.27. The molecular formula is C24H27N5O3. The fraction of sp³-hybridized carbons (Fsp3) is 0.458. The van der Waals surface area contributed by atoms with Crippen LogP contribution in [0, 0.1) is 0 Å². The molecular weight excluding hydrogens is 406 g/mol. The molecule has 0 radical (unpaired) electrons. The van der Waals surface area contributed by atoms with E-state index in [1.54, 1.807) is 0 Å². The second-order valence-corrected chi connectivity index (χ2v) is 8.38. The average molecular weight is 434 g/mol. The van der Waals surface area contributed by atoms with Crippen molar-refractivity contribution in [3.8, 4) is 11.3 Å². The van der Waals surface area contributed by atoms with Crippen molar-refractivity contribution < 1.29 is 14.2 Å². The van der Waals surface area contributed by atoms with Gasteiger partial charge in [-0.25, -0.2) is 9.97 Å². The molecule has 2 aromatic heterocycles. The highest BCUT2D eigenvalue weighted by molar-refractivity contribution is 5.92. The van der Waals surface area contributed by atoms with Gasteiger partial charge in [-0.1, -0.05) is 30.4 Å². The maximum Gasteiger partial charge on any atom is 0.228 e. The van der Waals surface area contributed by atoms with Crippen LogP contribution in [0.2, 0.25) is 0 Å². The van der Waals surface area contributed by atoms with Gasteiger partial charge in [-0.3, -0.25) is 0 Å². The van der Waals surface area contributed by atoms with E-state index in [9.17, 15) is 0 Å². The van der Waals surface area contributed by atoms with Crippen molar-refractivity contribution in [2.24, 2.45) is 0 Å². The number of ether oxygens (including phenoxy) is 3. The van der Waals surface area contributed by atoms with Gasteiger partial charge in [0.05, 0.1) is 32.8 Å². The first kappa shape index (κ1) is 19.8. The predicted octanol–water partition coefficient (Wildman–Crippen LogP) is 3.05. The zero-order valence-corrected chi connectivity index (χ0v) is 18.1. The van der Waals surface area contributed by atoms with E-state index in [4.69, 9.17) is 29.2 Å². The number of anilines is 1. The molecule has 0 N–H and O–H groups in total. The van der Waals surface area contributed by atoms with Gasteiger partial charge in [-0.2, -0.15) is 4.98 Å². The minimum absolute atomic E-state index is 0.163. The van der Waals surface area contributed by atoms with Gasteiger partial charge < -0.3 is 23.7 Å². The van der Waals surface area contributed by atoms with Gasteiger partial charge >= 0.3 is 0 Å². The van der Waals surface area contributed by atoms with E-state index in [1.165, 1.54) is 11.1 Å². The normalized spacial score (nSPS) is 19.1. The number of allylic oxidation sites excluding steroid dienone is 1. The summed E-state index contributed by atoms with van der Waals surface area (Å²) >= 11 is 0. The van der Waals surface area contributed by atoms with Crippen LogP contribution in [0.15, 0.2) is 30.6 Å². The van der Waals surface area contributed by atoms with E-state index >= 15 is 0 Å². The van der Waals surface area contributed by atoms with Gasteiger partial charge in [0.15, 0.2) is 11.9 Å². The monoisotopic (exact) mass is 433 g/mol. The van der Waals surface area contributed by atoms with E-state index < -0.39 is 0 Å². The van der Waals surface area contributed by atoms with Crippen LogP contribution in [-0.2, 0) is 27.2 Å². The van der Waals surface area contributed by atoms with E-state index in [2.05, 4.69) is 39.8 Å². The molecule has 3 aliphatic rings. The molecule has 8 heteroatoms. The Balaban J connectivity index is 1.42. The molecule has 8 nitrogen and oxygen atoms in total. The fourth-order valence-corrected chi connectivity index (χ4v) is 4.63. The highest BCUT2D eigenvalue weighted by atomic mass is 16.7. The Hall–Kier alpha value is -2.81. The first-order chi connectivity index (χ1) is 15.9. The second-order valence-electron chi connectivity index (χ2n) is 8.38. The van der Waals surface area contributed by atoms with Gasteiger partial charge in [-0.05, 0) is 24.0 Å². The first-order valence-electron chi connectivity index (χ1n) is 11.4. The summed E-state index contributed by atoms with van der Waals surface area (Å²) in [6.45, 7) is 5.20. The molecule has 0 spiro atoms. The third-order valence-corrected chi connectivity index (χ3v) is 6.32. The number of aromatic nitrogens is 4. The number of imidazole rings is 1. The lowest BCUT2D eigenvalue weighted by molar-refractivity contribution is -0.182. The van der Waals surface area contributed by atoms with Crippen LogP contribution in [0.25, 0.3) is 28.5 Å². The van der Waals surface area contributed by atoms with E-state index in [1.807, 2.05) is 6.33 Å². The Morgan fingerprint density at radius 1 is 1.03 bits per heavy atom. The van der Waals surface area contributed by atoms with Crippen LogP contribution < -0.4 is 4.90 Å². The Bertz CT molecular complexity index is 1150. The first-order valence-corrected chi connectivity index (χ1v) is 11.4. The lowest BCUT2D eigenvalue weighted by Crippen LogP contribution is -2.37. The predicted molar refractivity (Wildman–Crippen MR) is 121 cm³/mol. The number of benzene rings is 1. The van der Waals surface area contributed by atoms with Gasteiger partial charge in [-0.15, -0.1) is 0 Å². The van der Waals surface area contributed by atoms with Gasteiger partial charge in [0.2, 0.25) is 5.95 Å². The summed E-state index contributed by atoms with van der Waals surface area (Å²) in [7, 11) is 0. The Morgan fingerprint density at radius 2 is 1.91 bits per heavy atom. The summed E-state index contributed by atoms with van der Waals surface area (Å²) in [6, 6.07) is 6.43. The van der Waals surface area contributed by atoms with Crippen LogP contribution in [-0.4, -0.2) is 65.3 Å². The number of hydrogen-bond donors (Lipinski definition) is 0. The van der Waals surface area contributed by atoms with Crippen molar-refractivity contribution in [2.45, 2.75) is 32.1 Å². The van der Waals surface area contributed by atoms with E-state index in [-0.39, 0.29) is 6.29 Å². The summed E-state index contributed by atoms with van der Waals surface area (Å²) < 4.78 is 19.1. The summed E-state index contributed by atoms with van der Waals surface area (Å²) in [5.41, 5.74) is 6.26. The number of fused-ring (bicyclic) bond motifs is 2. The number of aryl methyl sites for hydroxylation is 1. The fourth-order valence-electron chi connectivity index (χ4n) is 4.63. The summed E-state index contributed by atoms with van der Waals surface area (Å²) in [5, 5.41) is 0. The molecule has 2 saturated heterocycles. The molecule has 1 aliphatic carbocycles. The molecule has 0 bridgehead atoms. The average Bonchev–Trinajstić information content (AvgIpc) is 3.50. The van der Waals surface area contributed by atoms with Crippen molar-refractivity contribution in [3.05, 3.63) is 41.7 Å². The Kier molecular flexibility index (Phi) is 5.34. The van der Waals surface area contributed by atoms with Crippen molar-refractivity contribution in [1.29, 1.82) is 0 Å². The van der Waals surface area contributed by atoms with Crippen molar-refractivity contribution in [1.82, 2.24) is 19.5 Å². The van der Waals surface area contributed by atoms with Crippen LogP contribution in [0.5, 0.6) is 0 Å². The molecule has 6 rings (SSSR count). The van der Waals surface area contributed by atoms with Crippen molar-refractivity contribution >= 4 is 23.2 Å². The van der Waals surface area contributed by atoms with Crippen LogP contribution in [0.3, 0.4) is 0 Å². The van der Waals surface area contributed by atoms with E-state index in [0.717, 1.165) is 80.5 Å². The summed E-state index contributed by atoms with van der Waals surface area (Å²) in [5.74, 6) is 0.738. The SMILES string of the molecule is C1=Cc2c(cccc2-c2nc(N3CCOCC3)nc3c2ncn3CCC2OCCCO2)C1. The summed E-state index contributed by atoms with van der Waals surface area (Å²) in [6.07, 6.45) is 8.79. The highest BCUT2D eigenvalue weighted by Gasteiger charge is 2.23. The smallest absolute Gasteiger partial charge is 0.228 e. The molecule has 1 aromatic carbocycles. The van der Waals surface area contributed by atoms with Crippen LogP contribution in [0.1, 0.15) is 24.0 Å². The third kappa shape index (κ3) is 3.68. The van der Waals surface area contributed by atoms with Gasteiger partial charge in [0.25, 0.3) is 0 Å². The number of morpholine rings is 1. The van der Waals surface area contributed by atoms with Gasteiger partial charge in [0, 0.05) is 31.6 Å². The number of hydrogen-bond acceptors (Lipinski definition) is 7. The minimum atomic E-state index is -0.163. The molecule has 166 valence electrons. The molecule has 0 atom stereocenters. The van der Waals surface area contributed by atoms with Crippen molar-refractivity contribution in [2.75, 3.05) is 44.4 Å². The lowest BCUT2D eigenvalue weighted by atomic mass is 10.0. The molecule has 0 saturated carbocycles. The molecule has 0 amide bonds. The topological polar surface area (TPSA) is 74.5 Å². The van der Waals surface area contributed by atoms with Gasteiger partial charge in [0.1, 0.15) is 11.2 Å². The minimum Gasteiger partial charge on any atom is -0.378 e. The third-order valence-electron chi connectivity index (χ3n) is 6.32. The molecule has 4 heterocycles. The zero-order valence-electron chi connectivity index (χ0n) is 18.1. The maximum atomic E-state index is 5.73. The Labute approximate surface area is 186 Å². The van der Waals surface area contributed by atoms with Crippen LogP contribution >= 0.6 is 0 Å².